The zero-order valence-corrected chi connectivity index (χ0v) is 25.3. The zero-order chi connectivity index (χ0) is 29.7. The molecular weight excluding hydrogens is 565 g/mol. The highest BCUT2D eigenvalue weighted by molar-refractivity contribution is 7.26. The van der Waals surface area contributed by atoms with Gasteiger partial charge in [0.15, 0.2) is 0 Å². The molecule has 2 heterocycles. The van der Waals surface area contributed by atoms with Crippen LogP contribution in [0.5, 0.6) is 0 Å². The number of rotatable bonds is 5. The van der Waals surface area contributed by atoms with E-state index in [9.17, 15) is 0 Å². The highest BCUT2D eigenvalue weighted by Gasteiger charge is 2.13. The third kappa shape index (κ3) is 4.40. The van der Waals surface area contributed by atoms with Crippen molar-refractivity contribution < 1.29 is 0 Å². The van der Waals surface area contributed by atoms with Crippen molar-refractivity contribution in [2.24, 2.45) is 0 Å². The van der Waals surface area contributed by atoms with Crippen molar-refractivity contribution in [2.75, 3.05) is 5.32 Å². The van der Waals surface area contributed by atoms with Gasteiger partial charge < -0.3 is 9.88 Å². The predicted molar refractivity (Wildman–Crippen MR) is 194 cm³/mol. The van der Waals surface area contributed by atoms with Gasteiger partial charge in [0.1, 0.15) is 0 Å². The Hall–Kier alpha value is -5.64. The number of fused-ring (bicyclic) bond motifs is 6. The second-order valence-electron chi connectivity index (χ2n) is 11.5. The van der Waals surface area contributed by atoms with Gasteiger partial charge in [-0.05, 0) is 76.9 Å². The van der Waals surface area contributed by atoms with Crippen molar-refractivity contribution in [3.05, 3.63) is 164 Å². The Morgan fingerprint density at radius 1 is 0.422 bits per heavy atom. The first kappa shape index (κ1) is 25.8. The van der Waals surface area contributed by atoms with Gasteiger partial charge >= 0.3 is 0 Å². The van der Waals surface area contributed by atoms with Crippen LogP contribution in [-0.4, -0.2) is 4.57 Å². The van der Waals surface area contributed by atoms with Crippen LogP contribution < -0.4 is 5.32 Å². The molecule has 0 atom stereocenters. The van der Waals surface area contributed by atoms with E-state index in [0.29, 0.717) is 0 Å². The van der Waals surface area contributed by atoms with Crippen molar-refractivity contribution >= 4 is 64.7 Å². The highest BCUT2D eigenvalue weighted by Crippen LogP contribution is 2.39. The smallest absolute Gasteiger partial charge is 0.0590 e. The van der Waals surface area contributed by atoms with Gasteiger partial charge in [-0.3, -0.25) is 0 Å². The Labute approximate surface area is 265 Å². The first-order valence-corrected chi connectivity index (χ1v) is 16.1. The molecule has 0 saturated heterocycles. The molecule has 1 N–H and O–H groups in total. The van der Waals surface area contributed by atoms with E-state index < -0.39 is 0 Å². The fourth-order valence-corrected chi connectivity index (χ4v) is 7.78. The SMILES string of the molecule is c1ccc(-n2c3ccccc3c3cc(-c4ccc(-c5ccc(Nc6cccc7c6sc6ccccc67)cc5)cc4)ccc32)cc1. The maximum absolute atomic E-state index is 3.67. The molecule has 0 unspecified atom stereocenters. The van der Waals surface area contributed by atoms with Crippen LogP contribution in [0, 0.1) is 0 Å². The summed E-state index contributed by atoms with van der Waals surface area (Å²) in [6.07, 6.45) is 0. The maximum Gasteiger partial charge on any atom is 0.0590 e. The molecule has 0 aliphatic rings. The molecule has 9 aromatic rings. The van der Waals surface area contributed by atoms with Gasteiger partial charge in [-0.1, -0.05) is 109 Å². The lowest BCUT2D eigenvalue weighted by Crippen LogP contribution is -1.92. The van der Waals surface area contributed by atoms with E-state index in [1.165, 1.54) is 69.9 Å². The molecule has 45 heavy (non-hydrogen) atoms. The average Bonchev–Trinajstić information content (AvgIpc) is 3.65. The Kier molecular flexibility index (Phi) is 6.03. The van der Waals surface area contributed by atoms with Gasteiger partial charge in [0.25, 0.3) is 0 Å². The molecule has 0 bridgehead atoms. The second kappa shape index (κ2) is 10.5. The molecule has 2 nitrogen and oxygen atoms in total. The normalized spacial score (nSPS) is 11.6. The number of anilines is 2. The van der Waals surface area contributed by atoms with Crippen LogP contribution in [0.4, 0.5) is 11.4 Å². The molecule has 0 aliphatic heterocycles. The number of thiophene rings is 1. The lowest BCUT2D eigenvalue weighted by atomic mass is 9.99. The predicted octanol–water partition coefficient (Wildman–Crippen LogP) is 12.2. The van der Waals surface area contributed by atoms with E-state index in [4.69, 9.17) is 0 Å². The maximum atomic E-state index is 3.67. The lowest BCUT2D eigenvalue weighted by Gasteiger charge is -2.10. The summed E-state index contributed by atoms with van der Waals surface area (Å²) in [6.45, 7) is 0. The van der Waals surface area contributed by atoms with E-state index in [2.05, 4.69) is 174 Å². The largest absolute Gasteiger partial charge is 0.354 e. The van der Waals surface area contributed by atoms with Gasteiger partial charge in [0, 0.05) is 37.6 Å². The quantitative estimate of drug-likeness (QED) is 0.210. The number of aromatic nitrogens is 1. The molecule has 0 aliphatic carbocycles. The minimum Gasteiger partial charge on any atom is -0.354 e. The van der Waals surface area contributed by atoms with Crippen LogP contribution in [0.2, 0.25) is 0 Å². The Balaban J connectivity index is 1.00. The standard InChI is InChI=1S/C42H28N2S/c1-2-9-33(10-3-1)44-39-15-6-4-11-34(39)37-27-31(23-26-40(37)44)30-19-17-28(18-20-30)29-21-24-32(25-22-29)43-38-14-8-13-36-35-12-5-7-16-41(35)45-42(36)38/h1-27,43H. The summed E-state index contributed by atoms with van der Waals surface area (Å²) in [4.78, 5) is 0. The second-order valence-corrected chi connectivity index (χ2v) is 12.5. The molecule has 0 radical (unpaired) electrons. The van der Waals surface area contributed by atoms with Crippen LogP contribution in [0.3, 0.4) is 0 Å². The summed E-state index contributed by atoms with van der Waals surface area (Å²) in [5, 5.41) is 8.83. The van der Waals surface area contributed by atoms with Crippen LogP contribution in [0.25, 0.3) is 69.9 Å². The summed E-state index contributed by atoms with van der Waals surface area (Å²) >= 11 is 1.84. The van der Waals surface area contributed by atoms with E-state index in [-0.39, 0.29) is 0 Å². The van der Waals surface area contributed by atoms with Crippen molar-refractivity contribution in [3.8, 4) is 27.9 Å². The van der Waals surface area contributed by atoms with Crippen molar-refractivity contribution in [3.63, 3.8) is 0 Å². The molecular formula is C42H28N2S. The van der Waals surface area contributed by atoms with Gasteiger partial charge in [-0.2, -0.15) is 0 Å². The molecule has 0 amide bonds. The molecule has 7 aromatic carbocycles. The van der Waals surface area contributed by atoms with Crippen molar-refractivity contribution in [1.82, 2.24) is 4.57 Å². The Morgan fingerprint density at radius 2 is 1.02 bits per heavy atom. The summed E-state index contributed by atoms with van der Waals surface area (Å²) in [5.74, 6) is 0. The summed E-state index contributed by atoms with van der Waals surface area (Å²) in [7, 11) is 0. The molecule has 2 aromatic heterocycles. The van der Waals surface area contributed by atoms with E-state index in [0.717, 1.165) is 11.4 Å². The molecule has 3 heteroatoms. The van der Waals surface area contributed by atoms with Gasteiger partial charge in [0.05, 0.1) is 21.4 Å². The monoisotopic (exact) mass is 592 g/mol. The first-order chi connectivity index (χ1) is 22.3. The van der Waals surface area contributed by atoms with Gasteiger partial charge in [-0.15, -0.1) is 11.3 Å². The van der Waals surface area contributed by atoms with Gasteiger partial charge in [-0.25, -0.2) is 0 Å². The van der Waals surface area contributed by atoms with E-state index >= 15 is 0 Å². The summed E-state index contributed by atoms with van der Waals surface area (Å²) in [6, 6.07) is 59.0. The zero-order valence-electron chi connectivity index (χ0n) is 24.4. The Bertz CT molecular complexity index is 2480. The minimum absolute atomic E-state index is 1.09. The van der Waals surface area contributed by atoms with Gasteiger partial charge in [0.2, 0.25) is 0 Å². The summed E-state index contributed by atoms with van der Waals surface area (Å²) in [5.41, 5.74) is 10.7. The van der Waals surface area contributed by atoms with Crippen molar-refractivity contribution in [1.29, 1.82) is 0 Å². The molecule has 0 spiro atoms. The number of nitrogens with zero attached hydrogens (tertiary/aromatic N) is 1. The lowest BCUT2D eigenvalue weighted by molar-refractivity contribution is 1.18. The topological polar surface area (TPSA) is 17.0 Å². The Morgan fingerprint density at radius 3 is 1.82 bits per heavy atom. The van der Waals surface area contributed by atoms with Crippen LogP contribution in [0.1, 0.15) is 0 Å². The first-order valence-electron chi connectivity index (χ1n) is 15.3. The fraction of sp³-hybridized carbons (Fsp3) is 0. The van der Waals surface area contributed by atoms with Crippen LogP contribution in [0.15, 0.2) is 164 Å². The number of nitrogens with one attached hydrogen (secondary N) is 1. The number of para-hydroxylation sites is 2. The highest BCUT2D eigenvalue weighted by atomic mass is 32.1. The number of hydrogen-bond acceptors (Lipinski definition) is 2. The fourth-order valence-electron chi connectivity index (χ4n) is 6.61. The molecule has 0 fully saturated rings. The number of benzene rings is 7. The third-order valence-corrected chi connectivity index (χ3v) is 10.0. The van der Waals surface area contributed by atoms with E-state index in [1.54, 1.807) is 0 Å². The van der Waals surface area contributed by atoms with Crippen LogP contribution in [-0.2, 0) is 0 Å². The minimum atomic E-state index is 1.09. The molecule has 9 rings (SSSR count). The molecule has 0 saturated carbocycles. The van der Waals surface area contributed by atoms with E-state index in [1.807, 2.05) is 11.3 Å². The summed E-state index contributed by atoms with van der Waals surface area (Å²) < 4.78 is 4.97. The van der Waals surface area contributed by atoms with Crippen molar-refractivity contribution in [2.45, 2.75) is 0 Å². The average molecular weight is 593 g/mol. The number of hydrogen-bond donors (Lipinski definition) is 1. The molecule has 212 valence electrons. The van der Waals surface area contributed by atoms with Crippen LogP contribution >= 0.6 is 11.3 Å². The third-order valence-electron chi connectivity index (χ3n) is 8.81.